The standard InChI is InChI=1S/C19H34N4O4S/c1-4-5-11-27-12-6-8-21-19(24)17(14-20)15-23(10-9-22(2)3)18-7-13-28(25,26)16-18/h15,18H,4-13,16H2,1-3H3,(H,21,24)/b17-15-. The van der Waals surface area contributed by atoms with Gasteiger partial charge >= 0.3 is 0 Å². The van der Waals surface area contributed by atoms with E-state index in [2.05, 4.69) is 12.2 Å². The number of amides is 1. The van der Waals surface area contributed by atoms with E-state index in [9.17, 15) is 18.5 Å². The van der Waals surface area contributed by atoms with Crippen LogP contribution in [0.5, 0.6) is 0 Å². The Morgan fingerprint density at radius 3 is 2.57 bits per heavy atom. The van der Waals surface area contributed by atoms with Crippen LogP contribution in [0.15, 0.2) is 11.8 Å². The molecule has 0 aromatic rings. The average molecular weight is 415 g/mol. The van der Waals surface area contributed by atoms with Crippen LogP contribution in [-0.2, 0) is 19.4 Å². The van der Waals surface area contributed by atoms with Crippen molar-refractivity contribution in [3.8, 4) is 6.07 Å². The first-order chi connectivity index (χ1) is 13.3. The van der Waals surface area contributed by atoms with Crippen LogP contribution in [0.25, 0.3) is 0 Å². The molecule has 0 saturated carbocycles. The highest BCUT2D eigenvalue weighted by Crippen LogP contribution is 2.19. The maximum Gasteiger partial charge on any atom is 0.263 e. The Hall–Kier alpha value is -1.63. The molecule has 1 aliphatic heterocycles. The van der Waals surface area contributed by atoms with Gasteiger partial charge in [-0.05, 0) is 33.4 Å². The molecule has 8 nitrogen and oxygen atoms in total. The Labute approximate surface area is 169 Å². The van der Waals surface area contributed by atoms with Crippen molar-refractivity contribution in [1.82, 2.24) is 15.1 Å². The van der Waals surface area contributed by atoms with E-state index in [0.717, 1.165) is 19.4 Å². The summed E-state index contributed by atoms with van der Waals surface area (Å²) in [6, 6.07) is 1.75. The quantitative estimate of drug-likeness (QED) is 0.270. The second-order valence-corrected chi connectivity index (χ2v) is 9.56. The van der Waals surface area contributed by atoms with Gasteiger partial charge < -0.3 is 19.9 Å². The summed E-state index contributed by atoms with van der Waals surface area (Å²) in [5.74, 6) is -0.227. The summed E-state index contributed by atoms with van der Waals surface area (Å²) < 4.78 is 29.1. The molecule has 0 aromatic carbocycles. The first-order valence-corrected chi connectivity index (χ1v) is 11.7. The highest BCUT2D eigenvalue weighted by Gasteiger charge is 2.31. The second kappa shape index (κ2) is 12.8. The smallest absolute Gasteiger partial charge is 0.263 e. The lowest BCUT2D eigenvalue weighted by atomic mass is 10.2. The molecule has 1 saturated heterocycles. The van der Waals surface area contributed by atoms with Crippen molar-refractivity contribution >= 4 is 15.7 Å². The maximum absolute atomic E-state index is 12.3. The lowest BCUT2D eigenvalue weighted by Crippen LogP contribution is -2.38. The molecule has 28 heavy (non-hydrogen) atoms. The van der Waals surface area contributed by atoms with Crippen LogP contribution in [-0.4, -0.2) is 88.6 Å². The first-order valence-electron chi connectivity index (χ1n) is 9.87. The number of unbranched alkanes of at least 4 members (excludes halogenated alkanes) is 1. The fourth-order valence-electron chi connectivity index (χ4n) is 2.83. The zero-order valence-electron chi connectivity index (χ0n) is 17.3. The molecule has 160 valence electrons. The highest BCUT2D eigenvalue weighted by molar-refractivity contribution is 7.91. The minimum Gasteiger partial charge on any atom is -0.381 e. The molecular formula is C19H34N4O4S. The van der Waals surface area contributed by atoms with Crippen molar-refractivity contribution in [3.63, 3.8) is 0 Å². The van der Waals surface area contributed by atoms with Crippen molar-refractivity contribution in [2.75, 3.05) is 58.4 Å². The van der Waals surface area contributed by atoms with Crippen molar-refractivity contribution in [2.45, 2.75) is 38.6 Å². The lowest BCUT2D eigenvalue weighted by Gasteiger charge is -2.28. The molecular weight excluding hydrogens is 380 g/mol. The summed E-state index contributed by atoms with van der Waals surface area (Å²) in [6.07, 6.45) is 4.82. The number of carbonyl (C=O) groups excluding carboxylic acids is 1. The van der Waals surface area contributed by atoms with Crippen LogP contribution in [0.1, 0.15) is 32.6 Å². The number of ether oxygens (including phenoxy) is 1. The van der Waals surface area contributed by atoms with E-state index >= 15 is 0 Å². The topological polar surface area (TPSA) is 103 Å². The first kappa shape index (κ1) is 24.4. The van der Waals surface area contributed by atoms with Crippen LogP contribution in [0.4, 0.5) is 0 Å². The minimum atomic E-state index is -3.05. The molecule has 1 fully saturated rings. The van der Waals surface area contributed by atoms with E-state index in [4.69, 9.17) is 4.74 Å². The predicted octanol–water partition coefficient (Wildman–Crippen LogP) is 0.768. The molecule has 9 heteroatoms. The van der Waals surface area contributed by atoms with E-state index in [1.807, 2.05) is 30.0 Å². The Kier molecular flexibility index (Phi) is 11.1. The zero-order valence-corrected chi connectivity index (χ0v) is 18.1. The molecule has 0 aromatic heterocycles. The van der Waals surface area contributed by atoms with Crippen molar-refractivity contribution in [3.05, 3.63) is 11.8 Å². The number of hydrogen-bond acceptors (Lipinski definition) is 7. The van der Waals surface area contributed by atoms with Crippen LogP contribution < -0.4 is 5.32 Å². The molecule has 1 aliphatic rings. The van der Waals surface area contributed by atoms with E-state index < -0.39 is 15.7 Å². The SMILES string of the molecule is CCCCOCCCNC(=O)/C(C#N)=C\N(CCN(C)C)C1CCS(=O)(=O)C1. The predicted molar refractivity (Wildman–Crippen MR) is 109 cm³/mol. The fraction of sp³-hybridized carbons (Fsp3) is 0.789. The fourth-order valence-corrected chi connectivity index (χ4v) is 4.57. The Bertz CT molecular complexity index is 655. The third-order valence-electron chi connectivity index (χ3n) is 4.54. The largest absolute Gasteiger partial charge is 0.381 e. The molecule has 0 radical (unpaired) electrons. The Balaban J connectivity index is 2.63. The molecule has 1 atom stereocenters. The molecule has 1 amide bonds. The molecule has 1 unspecified atom stereocenters. The van der Waals surface area contributed by atoms with Gasteiger partial charge in [0.2, 0.25) is 0 Å². The Morgan fingerprint density at radius 1 is 1.29 bits per heavy atom. The third-order valence-corrected chi connectivity index (χ3v) is 6.29. The summed E-state index contributed by atoms with van der Waals surface area (Å²) in [4.78, 5) is 16.1. The molecule has 1 N–H and O–H groups in total. The lowest BCUT2D eigenvalue weighted by molar-refractivity contribution is -0.117. The van der Waals surface area contributed by atoms with Crippen molar-refractivity contribution in [2.24, 2.45) is 0 Å². The van der Waals surface area contributed by atoms with Gasteiger partial charge in [-0.25, -0.2) is 8.42 Å². The van der Waals surface area contributed by atoms with E-state index in [1.54, 1.807) is 0 Å². The van der Waals surface area contributed by atoms with Gasteiger partial charge in [-0.1, -0.05) is 13.3 Å². The minimum absolute atomic E-state index is 0.00467. The molecule has 0 bridgehead atoms. The average Bonchev–Trinajstić information content (AvgIpc) is 3.00. The third kappa shape index (κ3) is 9.53. The van der Waals surface area contributed by atoms with Gasteiger partial charge in [0.05, 0.1) is 11.5 Å². The number of hydrogen-bond donors (Lipinski definition) is 1. The Morgan fingerprint density at radius 2 is 2.00 bits per heavy atom. The number of likely N-dealkylation sites (N-methyl/N-ethyl adjacent to an activating group) is 1. The second-order valence-electron chi connectivity index (χ2n) is 7.33. The monoisotopic (exact) mass is 414 g/mol. The molecule has 0 aliphatic carbocycles. The van der Waals surface area contributed by atoms with Gasteiger partial charge in [0.15, 0.2) is 9.84 Å². The number of sulfone groups is 1. The van der Waals surface area contributed by atoms with Gasteiger partial charge in [-0.15, -0.1) is 0 Å². The summed E-state index contributed by atoms with van der Waals surface area (Å²) in [5, 5.41) is 12.1. The summed E-state index contributed by atoms with van der Waals surface area (Å²) in [7, 11) is 0.798. The van der Waals surface area contributed by atoms with Gasteiger partial charge in [0, 0.05) is 45.1 Å². The van der Waals surface area contributed by atoms with Crippen molar-refractivity contribution < 1.29 is 17.9 Å². The summed E-state index contributed by atoms with van der Waals surface area (Å²) in [6.45, 7) is 5.07. The summed E-state index contributed by atoms with van der Waals surface area (Å²) in [5.41, 5.74) is -0.00467. The van der Waals surface area contributed by atoms with Crippen LogP contribution >= 0.6 is 0 Å². The normalized spacial score (nSPS) is 18.8. The summed E-state index contributed by atoms with van der Waals surface area (Å²) >= 11 is 0. The van der Waals surface area contributed by atoms with Gasteiger partial charge in [0.25, 0.3) is 5.91 Å². The van der Waals surface area contributed by atoms with Crippen LogP contribution in [0, 0.1) is 11.3 Å². The van der Waals surface area contributed by atoms with Crippen LogP contribution in [0.3, 0.4) is 0 Å². The molecule has 0 spiro atoms. The zero-order chi connectivity index (χ0) is 21.0. The molecule has 1 heterocycles. The number of nitriles is 1. The van der Waals surface area contributed by atoms with E-state index in [1.165, 1.54) is 6.20 Å². The van der Waals surface area contributed by atoms with Crippen molar-refractivity contribution in [1.29, 1.82) is 5.26 Å². The van der Waals surface area contributed by atoms with Gasteiger partial charge in [0.1, 0.15) is 11.6 Å². The van der Waals surface area contributed by atoms with Gasteiger partial charge in [-0.3, -0.25) is 4.79 Å². The van der Waals surface area contributed by atoms with Gasteiger partial charge in [-0.2, -0.15) is 5.26 Å². The number of nitrogens with zero attached hydrogens (tertiary/aromatic N) is 3. The maximum atomic E-state index is 12.3. The van der Waals surface area contributed by atoms with E-state index in [-0.39, 0.29) is 23.1 Å². The number of rotatable bonds is 13. The van der Waals surface area contributed by atoms with Crippen LogP contribution in [0.2, 0.25) is 0 Å². The molecule has 1 rings (SSSR count). The van der Waals surface area contributed by atoms with E-state index in [0.29, 0.717) is 39.1 Å². The number of nitrogens with one attached hydrogen (secondary N) is 1. The highest BCUT2D eigenvalue weighted by atomic mass is 32.2. The number of carbonyl (C=O) groups is 1.